The van der Waals surface area contributed by atoms with Gasteiger partial charge in [-0.1, -0.05) is 49.0 Å². The first-order valence-electron chi connectivity index (χ1n) is 7.26. The molecule has 1 amide bonds. The first-order chi connectivity index (χ1) is 10.6. The van der Waals surface area contributed by atoms with Crippen LogP contribution in [-0.4, -0.2) is 32.6 Å². The smallest absolute Gasteiger partial charge is 0.233 e. The van der Waals surface area contributed by atoms with Crippen LogP contribution in [0.4, 0.5) is 0 Å². The molecule has 22 heavy (non-hydrogen) atoms. The van der Waals surface area contributed by atoms with Crippen molar-refractivity contribution in [2.45, 2.75) is 36.6 Å². The van der Waals surface area contributed by atoms with E-state index < -0.39 is 0 Å². The van der Waals surface area contributed by atoms with Gasteiger partial charge in [0.2, 0.25) is 11.1 Å². The second-order valence-electron chi connectivity index (χ2n) is 5.04. The fourth-order valence-electron chi connectivity index (χ4n) is 2.12. The number of rotatable bonds is 7. The van der Waals surface area contributed by atoms with Crippen molar-refractivity contribution in [3.8, 4) is 0 Å². The summed E-state index contributed by atoms with van der Waals surface area (Å²) in [5, 5.41) is 10.8. The molecule has 6 nitrogen and oxygen atoms in total. The third kappa shape index (κ3) is 4.24. The van der Waals surface area contributed by atoms with E-state index in [-0.39, 0.29) is 11.2 Å². The Morgan fingerprint density at radius 1 is 1.41 bits per heavy atom. The van der Waals surface area contributed by atoms with Crippen LogP contribution >= 0.6 is 11.8 Å². The Kier molecular flexibility index (Phi) is 5.83. The number of amides is 1. The van der Waals surface area contributed by atoms with Crippen LogP contribution < -0.4 is 11.2 Å². The van der Waals surface area contributed by atoms with Gasteiger partial charge < -0.3 is 11.2 Å². The van der Waals surface area contributed by atoms with Gasteiger partial charge in [0.05, 0.1) is 5.25 Å². The van der Waals surface area contributed by atoms with Gasteiger partial charge in [-0.05, 0) is 18.9 Å². The van der Waals surface area contributed by atoms with Crippen molar-refractivity contribution in [1.82, 2.24) is 20.2 Å². The second-order valence-corrected chi connectivity index (χ2v) is 6.35. The Balaban J connectivity index is 1.87. The number of hydrogen-bond donors (Lipinski definition) is 2. The fourth-order valence-corrected chi connectivity index (χ4v) is 2.89. The minimum absolute atomic E-state index is 0.0256. The first-order valence-corrected chi connectivity index (χ1v) is 8.14. The monoisotopic (exact) mass is 319 g/mol. The van der Waals surface area contributed by atoms with Gasteiger partial charge in [0, 0.05) is 12.5 Å². The molecule has 2 aromatic rings. The number of nitrogen functional groups attached to an aromatic ring is 1. The lowest BCUT2D eigenvalue weighted by atomic mass is 9.96. The van der Waals surface area contributed by atoms with Crippen molar-refractivity contribution in [3.63, 3.8) is 0 Å². The molecule has 0 spiro atoms. The molecule has 0 saturated heterocycles. The zero-order valence-electron chi connectivity index (χ0n) is 12.8. The van der Waals surface area contributed by atoms with Crippen LogP contribution in [0.2, 0.25) is 0 Å². The number of nitrogens with zero attached hydrogens (tertiary/aromatic N) is 3. The highest BCUT2D eigenvalue weighted by molar-refractivity contribution is 8.00. The van der Waals surface area contributed by atoms with Gasteiger partial charge in [-0.15, -0.1) is 10.2 Å². The van der Waals surface area contributed by atoms with Crippen molar-refractivity contribution in [2.75, 3.05) is 12.4 Å². The molecule has 1 aromatic heterocycles. The molecule has 0 unspecified atom stereocenters. The van der Waals surface area contributed by atoms with Crippen LogP contribution in [-0.2, 0) is 4.79 Å². The van der Waals surface area contributed by atoms with E-state index in [0.717, 1.165) is 6.42 Å². The van der Waals surface area contributed by atoms with E-state index in [1.165, 1.54) is 28.3 Å². The Hall–Kier alpha value is -2.02. The van der Waals surface area contributed by atoms with Crippen LogP contribution in [0.15, 0.2) is 41.8 Å². The number of hydrogen-bond acceptors (Lipinski definition) is 5. The van der Waals surface area contributed by atoms with Gasteiger partial charge in [0.25, 0.3) is 0 Å². The standard InChI is InChI=1S/C15H21N5OS/c1-3-12(13-7-5-4-6-8-13)9-17-14(21)11(2)22-15-19-18-10-20(15)16/h4-8,10-12H,3,9,16H2,1-2H3,(H,17,21)/t11-,12-/m1/s1. The number of benzene rings is 1. The summed E-state index contributed by atoms with van der Waals surface area (Å²) in [5.74, 6) is 5.94. The molecule has 3 N–H and O–H groups in total. The minimum atomic E-state index is -0.278. The number of thioether (sulfide) groups is 1. The molecule has 1 heterocycles. The van der Waals surface area contributed by atoms with Gasteiger partial charge in [0.15, 0.2) is 0 Å². The van der Waals surface area contributed by atoms with Crippen LogP contribution in [0.5, 0.6) is 0 Å². The zero-order valence-corrected chi connectivity index (χ0v) is 13.6. The van der Waals surface area contributed by atoms with Crippen LogP contribution in [0.25, 0.3) is 0 Å². The zero-order chi connectivity index (χ0) is 15.9. The Morgan fingerprint density at radius 3 is 2.73 bits per heavy atom. The van der Waals surface area contributed by atoms with E-state index in [0.29, 0.717) is 17.6 Å². The van der Waals surface area contributed by atoms with Gasteiger partial charge in [-0.3, -0.25) is 4.79 Å². The molecule has 0 radical (unpaired) electrons. The maximum atomic E-state index is 12.2. The minimum Gasteiger partial charge on any atom is -0.355 e. The highest BCUT2D eigenvalue weighted by Gasteiger charge is 2.18. The van der Waals surface area contributed by atoms with E-state index in [9.17, 15) is 4.79 Å². The maximum Gasteiger partial charge on any atom is 0.233 e. The number of carbonyl (C=O) groups excluding carboxylic acids is 1. The molecule has 2 rings (SSSR count). The SMILES string of the molecule is CC[C@H](CNC(=O)[C@@H](C)Sc1nncn1N)c1ccccc1. The Morgan fingerprint density at radius 2 is 2.14 bits per heavy atom. The van der Waals surface area contributed by atoms with Crippen molar-refractivity contribution in [3.05, 3.63) is 42.2 Å². The molecular weight excluding hydrogens is 298 g/mol. The van der Waals surface area contributed by atoms with E-state index in [2.05, 4.69) is 34.6 Å². The number of nitrogens with one attached hydrogen (secondary N) is 1. The average Bonchev–Trinajstić information content (AvgIpc) is 2.94. The van der Waals surface area contributed by atoms with Gasteiger partial charge in [-0.25, -0.2) is 4.68 Å². The van der Waals surface area contributed by atoms with E-state index in [1.54, 1.807) is 0 Å². The lowest BCUT2D eigenvalue weighted by Crippen LogP contribution is -2.34. The molecule has 0 bridgehead atoms. The van der Waals surface area contributed by atoms with Crippen LogP contribution in [0.3, 0.4) is 0 Å². The Labute approximate surface area is 134 Å². The first kappa shape index (κ1) is 16.4. The summed E-state index contributed by atoms with van der Waals surface area (Å²) in [6, 6.07) is 10.2. The molecule has 1 aromatic carbocycles. The molecule has 0 aliphatic rings. The van der Waals surface area contributed by atoms with Crippen LogP contribution in [0.1, 0.15) is 31.7 Å². The van der Waals surface area contributed by atoms with E-state index >= 15 is 0 Å². The molecule has 0 aliphatic carbocycles. The second kappa shape index (κ2) is 7.84. The van der Waals surface area contributed by atoms with Gasteiger partial charge in [-0.2, -0.15) is 0 Å². The molecule has 2 atom stereocenters. The average molecular weight is 319 g/mol. The normalized spacial score (nSPS) is 13.5. The molecule has 0 aliphatic heterocycles. The summed E-state index contributed by atoms with van der Waals surface area (Å²) in [6.07, 6.45) is 2.39. The predicted octanol–water partition coefficient (Wildman–Crippen LogP) is 1.78. The Bertz CT molecular complexity index is 601. The molecule has 7 heteroatoms. The molecule has 0 saturated carbocycles. The third-order valence-corrected chi connectivity index (χ3v) is 4.55. The number of carbonyl (C=O) groups is 1. The molecular formula is C15H21N5OS. The summed E-state index contributed by atoms with van der Waals surface area (Å²) in [4.78, 5) is 12.2. The lowest BCUT2D eigenvalue weighted by Gasteiger charge is -2.18. The van der Waals surface area contributed by atoms with Crippen molar-refractivity contribution >= 4 is 17.7 Å². The van der Waals surface area contributed by atoms with Crippen molar-refractivity contribution in [1.29, 1.82) is 0 Å². The summed E-state index contributed by atoms with van der Waals surface area (Å²) >= 11 is 1.29. The van der Waals surface area contributed by atoms with Crippen LogP contribution in [0, 0.1) is 0 Å². The van der Waals surface area contributed by atoms with Gasteiger partial charge >= 0.3 is 0 Å². The van der Waals surface area contributed by atoms with Crippen molar-refractivity contribution in [2.24, 2.45) is 0 Å². The summed E-state index contributed by atoms with van der Waals surface area (Å²) in [7, 11) is 0. The van der Waals surface area contributed by atoms with Crippen molar-refractivity contribution < 1.29 is 4.79 Å². The summed E-state index contributed by atoms with van der Waals surface area (Å²) in [5.41, 5.74) is 1.24. The quantitative estimate of drug-likeness (QED) is 0.600. The maximum absolute atomic E-state index is 12.2. The fraction of sp³-hybridized carbons (Fsp3) is 0.400. The largest absolute Gasteiger partial charge is 0.355 e. The summed E-state index contributed by atoms with van der Waals surface area (Å²) in [6.45, 7) is 4.58. The molecule has 0 fully saturated rings. The number of aromatic nitrogens is 3. The third-order valence-electron chi connectivity index (χ3n) is 3.48. The van der Waals surface area contributed by atoms with E-state index in [1.807, 2.05) is 25.1 Å². The van der Waals surface area contributed by atoms with Gasteiger partial charge in [0.1, 0.15) is 6.33 Å². The summed E-state index contributed by atoms with van der Waals surface area (Å²) < 4.78 is 1.31. The topological polar surface area (TPSA) is 85.8 Å². The highest BCUT2D eigenvalue weighted by Crippen LogP contribution is 2.21. The van der Waals surface area contributed by atoms with E-state index in [4.69, 9.17) is 5.84 Å². The molecule has 118 valence electrons. The number of nitrogens with two attached hydrogens (primary N) is 1. The highest BCUT2D eigenvalue weighted by atomic mass is 32.2. The predicted molar refractivity (Wildman–Crippen MR) is 88.0 cm³/mol. The lowest BCUT2D eigenvalue weighted by molar-refractivity contribution is -0.120.